The Morgan fingerprint density at radius 2 is 2.00 bits per heavy atom. The molecule has 13 heavy (non-hydrogen) atoms. The van der Waals surface area contributed by atoms with E-state index < -0.39 is 6.29 Å². The molecule has 0 aliphatic rings. The lowest BCUT2D eigenvalue weighted by molar-refractivity contribution is -0.0559. The quantitative estimate of drug-likeness (QED) is 0.346. The van der Waals surface area contributed by atoms with E-state index in [2.05, 4.69) is 12.1 Å². The predicted octanol–water partition coefficient (Wildman–Crippen LogP) is 1.65. The standard InChI is InChI=1S/C9H19NO3/c1-2-3-4-5-8(7-10-13)6-9(11)12/h8-9,11-12H,2-7H2,1H3. The number of hydrogen-bond donors (Lipinski definition) is 2. The predicted molar refractivity (Wildman–Crippen MR) is 51.1 cm³/mol. The van der Waals surface area contributed by atoms with Crippen LogP contribution in [0.1, 0.15) is 39.0 Å². The smallest absolute Gasteiger partial charge is 0.151 e. The van der Waals surface area contributed by atoms with Crippen molar-refractivity contribution >= 4 is 0 Å². The van der Waals surface area contributed by atoms with E-state index in [1.165, 1.54) is 0 Å². The maximum absolute atomic E-state index is 10.0. The summed E-state index contributed by atoms with van der Waals surface area (Å²) in [5, 5.41) is 20.2. The fourth-order valence-electron chi connectivity index (χ4n) is 1.37. The van der Waals surface area contributed by atoms with E-state index in [0.717, 1.165) is 25.7 Å². The second-order valence-electron chi connectivity index (χ2n) is 3.39. The molecule has 0 aliphatic heterocycles. The van der Waals surface area contributed by atoms with E-state index >= 15 is 0 Å². The van der Waals surface area contributed by atoms with Crippen molar-refractivity contribution in [2.24, 2.45) is 11.1 Å². The molecule has 0 fully saturated rings. The van der Waals surface area contributed by atoms with Gasteiger partial charge in [0.1, 0.15) is 0 Å². The van der Waals surface area contributed by atoms with Crippen LogP contribution in [-0.2, 0) is 0 Å². The van der Waals surface area contributed by atoms with Crippen molar-refractivity contribution in [2.75, 3.05) is 6.54 Å². The van der Waals surface area contributed by atoms with Crippen molar-refractivity contribution in [3.05, 3.63) is 4.91 Å². The Morgan fingerprint density at radius 3 is 2.46 bits per heavy atom. The van der Waals surface area contributed by atoms with Crippen LogP contribution in [0.4, 0.5) is 0 Å². The highest BCUT2D eigenvalue weighted by Gasteiger charge is 2.12. The maximum atomic E-state index is 10.0. The molecule has 1 unspecified atom stereocenters. The molecule has 0 aromatic carbocycles. The number of hydrogen-bond acceptors (Lipinski definition) is 4. The molecule has 0 radical (unpaired) electrons. The first-order valence-corrected chi connectivity index (χ1v) is 4.86. The van der Waals surface area contributed by atoms with Crippen LogP contribution in [0.3, 0.4) is 0 Å². The zero-order chi connectivity index (χ0) is 10.1. The van der Waals surface area contributed by atoms with Crippen molar-refractivity contribution in [1.29, 1.82) is 0 Å². The van der Waals surface area contributed by atoms with Gasteiger partial charge in [0.2, 0.25) is 0 Å². The van der Waals surface area contributed by atoms with Crippen molar-refractivity contribution in [2.45, 2.75) is 45.3 Å². The van der Waals surface area contributed by atoms with Gasteiger partial charge in [0.25, 0.3) is 0 Å². The highest BCUT2D eigenvalue weighted by molar-refractivity contribution is 4.63. The second-order valence-corrected chi connectivity index (χ2v) is 3.39. The summed E-state index contributed by atoms with van der Waals surface area (Å²) in [5.74, 6) is 0.0315. The van der Waals surface area contributed by atoms with Crippen LogP contribution in [-0.4, -0.2) is 23.0 Å². The van der Waals surface area contributed by atoms with Gasteiger partial charge in [-0.15, -0.1) is 0 Å². The topological polar surface area (TPSA) is 69.9 Å². The monoisotopic (exact) mass is 189 g/mol. The lowest BCUT2D eigenvalue weighted by Crippen LogP contribution is -2.15. The summed E-state index contributed by atoms with van der Waals surface area (Å²) in [6.07, 6.45) is 3.09. The lowest BCUT2D eigenvalue weighted by atomic mass is 9.98. The lowest BCUT2D eigenvalue weighted by Gasteiger charge is -2.13. The van der Waals surface area contributed by atoms with Crippen LogP contribution < -0.4 is 0 Å². The molecule has 0 spiro atoms. The molecule has 0 aromatic rings. The third-order valence-electron chi connectivity index (χ3n) is 2.09. The van der Waals surface area contributed by atoms with E-state index in [9.17, 15) is 4.91 Å². The first-order chi connectivity index (χ1) is 6.20. The average molecular weight is 189 g/mol. The molecule has 78 valence electrons. The molecule has 0 heterocycles. The highest BCUT2D eigenvalue weighted by atomic mass is 16.5. The molecular formula is C9H19NO3. The van der Waals surface area contributed by atoms with Crippen LogP contribution in [0.2, 0.25) is 0 Å². The summed E-state index contributed by atoms with van der Waals surface area (Å²) < 4.78 is 0. The summed E-state index contributed by atoms with van der Waals surface area (Å²) >= 11 is 0. The maximum Gasteiger partial charge on any atom is 0.151 e. The average Bonchev–Trinajstić information content (AvgIpc) is 2.04. The Kier molecular flexibility index (Phi) is 7.83. The fourth-order valence-corrected chi connectivity index (χ4v) is 1.37. The van der Waals surface area contributed by atoms with Gasteiger partial charge in [-0.25, -0.2) is 0 Å². The molecule has 0 amide bonds. The van der Waals surface area contributed by atoms with Gasteiger partial charge >= 0.3 is 0 Å². The zero-order valence-corrected chi connectivity index (χ0v) is 8.15. The minimum Gasteiger partial charge on any atom is -0.368 e. The second kappa shape index (κ2) is 8.13. The third kappa shape index (κ3) is 7.87. The normalized spacial score (nSPS) is 13.2. The van der Waals surface area contributed by atoms with Gasteiger partial charge in [-0.3, -0.25) is 0 Å². The van der Waals surface area contributed by atoms with E-state index in [1.807, 2.05) is 0 Å². The van der Waals surface area contributed by atoms with Gasteiger partial charge in [-0.2, -0.15) is 4.91 Å². The number of nitrogens with zero attached hydrogens (tertiary/aromatic N) is 1. The minimum atomic E-state index is -1.31. The minimum absolute atomic E-state index is 0.0315. The largest absolute Gasteiger partial charge is 0.368 e. The summed E-state index contributed by atoms with van der Waals surface area (Å²) in [6, 6.07) is 0. The highest BCUT2D eigenvalue weighted by Crippen LogP contribution is 2.15. The number of nitroso groups, excluding NO2 is 1. The first-order valence-electron chi connectivity index (χ1n) is 4.86. The molecule has 0 saturated carbocycles. The van der Waals surface area contributed by atoms with E-state index in [-0.39, 0.29) is 18.9 Å². The molecule has 4 heteroatoms. The van der Waals surface area contributed by atoms with Crippen LogP contribution in [0.15, 0.2) is 5.18 Å². The molecule has 0 aliphatic carbocycles. The molecule has 0 saturated heterocycles. The zero-order valence-electron chi connectivity index (χ0n) is 8.15. The van der Waals surface area contributed by atoms with Crippen LogP contribution >= 0.6 is 0 Å². The van der Waals surface area contributed by atoms with Crippen molar-refractivity contribution < 1.29 is 10.2 Å². The van der Waals surface area contributed by atoms with Crippen LogP contribution in [0.5, 0.6) is 0 Å². The van der Waals surface area contributed by atoms with Gasteiger partial charge < -0.3 is 10.2 Å². The van der Waals surface area contributed by atoms with Crippen molar-refractivity contribution in [3.8, 4) is 0 Å². The third-order valence-corrected chi connectivity index (χ3v) is 2.09. The van der Waals surface area contributed by atoms with Crippen LogP contribution in [0.25, 0.3) is 0 Å². The molecule has 0 rings (SSSR count). The van der Waals surface area contributed by atoms with E-state index in [4.69, 9.17) is 10.2 Å². The van der Waals surface area contributed by atoms with Gasteiger partial charge in [-0.05, 0) is 12.3 Å². The Bertz CT molecular complexity index is 128. The summed E-state index contributed by atoms with van der Waals surface area (Å²) in [7, 11) is 0. The van der Waals surface area contributed by atoms with E-state index in [1.54, 1.807) is 0 Å². The number of aliphatic hydroxyl groups excluding tert-OH is 1. The number of aliphatic hydroxyl groups is 2. The van der Waals surface area contributed by atoms with E-state index in [0.29, 0.717) is 0 Å². The Balaban J connectivity index is 3.59. The van der Waals surface area contributed by atoms with Gasteiger partial charge in [0.15, 0.2) is 6.29 Å². The van der Waals surface area contributed by atoms with Crippen LogP contribution in [0, 0.1) is 10.8 Å². The molecule has 0 aromatic heterocycles. The Hall–Kier alpha value is -0.480. The molecule has 2 N–H and O–H groups in total. The number of unbranched alkanes of at least 4 members (excludes halogenated alkanes) is 2. The van der Waals surface area contributed by atoms with Gasteiger partial charge in [0, 0.05) is 6.42 Å². The Labute approximate surface area is 78.9 Å². The first kappa shape index (κ1) is 12.5. The molecule has 0 bridgehead atoms. The fraction of sp³-hybridized carbons (Fsp3) is 1.00. The molecular weight excluding hydrogens is 170 g/mol. The van der Waals surface area contributed by atoms with Crippen molar-refractivity contribution in [1.82, 2.24) is 0 Å². The van der Waals surface area contributed by atoms with Crippen molar-refractivity contribution in [3.63, 3.8) is 0 Å². The summed E-state index contributed by atoms with van der Waals surface area (Å²) in [4.78, 5) is 10.0. The summed E-state index contributed by atoms with van der Waals surface area (Å²) in [5.41, 5.74) is 0. The van der Waals surface area contributed by atoms with Gasteiger partial charge in [-0.1, -0.05) is 31.4 Å². The Morgan fingerprint density at radius 1 is 1.31 bits per heavy atom. The SMILES string of the molecule is CCCCCC(CN=O)CC(O)O. The molecule has 4 nitrogen and oxygen atoms in total. The summed E-state index contributed by atoms with van der Waals surface area (Å²) in [6.45, 7) is 2.30. The molecule has 1 atom stereocenters. The number of rotatable bonds is 8. The van der Waals surface area contributed by atoms with Gasteiger partial charge in [0.05, 0.1) is 6.54 Å².